The van der Waals surface area contributed by atoms with E-state index in [4.69, 9.17) is 11.6 Å². The van der Waals surface area contributed by atoms with Crippen LogP contribution in [0.1, 0.15) is 31.1 Å². The third-order valence-corrected chi connectivity index (χ3v) is 3.24. The summed E-state index contributed by atoms with van der Waals surface area (Å²) in [5.41, 5.74) is 2.32. The number of nitrogens with one attached hydrogen (secondary N) is 1. The van der Waals surface area contributed by atoms with Crippen molar-refractivity contribution in [2.24, 2.45) is 5.92 Å². The fourth-order valence-electron chi connectivity index (χ4n) is 1.94. The van der Waals surface area contributed by atoms with E-state index in [1.54, 1.807) is 6.07 Å². The largest absolute Gasteiger partial charge is 0.352 e. The van der Waals surface area contributed by atoms with Crippen LogP contribution in [-0.4, -0.2) is 22.0 Å². The topological polar surface area (TPSA) is 46.9 Å². The molecule has 0 unspecified atom stereocenters. The highest BCUT2D eigenvalue weighted by Gasteiger charge is 2.11. The van der Waals surface area contributed by atoms with Gasteiger partial charge in [0.25, 0.3) is 5.91 Å². The van der Waals surface area contributed by atoms with Gasteiger partial charge in [-0.25, -0.2) is 4.98 Å². The smallest absolute Gasteiger partial charge is 0.251 e. The van der Waals surface area contributed by atoms with Crippen LogP contribution in [0.5, 0.6) is 0 Å². The van der Waals surface area contributed by atoms with Crippen molar-refractivity contribution in [1.29, 1.82) is 0 Å². The van der Waals surface area contributed by atoms with Crippen LogP contribution < -0.4 is 5.32 Å². The van der Waals surface area contributed by atoms with E-state index in [1.807, 2.05) is 23.6 Å². The number of hydrogen-bond donors (Lipinski definition) is 1. The lowest BCUT2D eigenvalue weighted by atomic mass is 10.1. The monoisotopic (exact) mass is 279 g/mol. The molecule has 0 atom stereocenters. The van der Waals surface area contributed by atoms with Gasteiger partial charge in [0.1, 0.15) is 0 Å². The van der Waals surface area contributed by atoms with Gasteiger partial charge in [0.15, 0.2) is 0 Å². The van der Waals surface area contributed by atoms with Crippen molar-refractivity contribution in [2.75, 3.05) is 6.54 Å². The van der Waals surface area contributed by atoms with Gasteiger partial charge in [0.2, 0.25) is 5.28 Å². The maximum absolute atomic E-state index is 12.0. The molecule has 4 nitrogen and oxygen atoms in total. The summed E-state index contributed by atoms with van der Waals surface area (Å²) >= 11 is 6.05. The molecule has 102 valence electrons. The van der Waals surface area contributed by atoms with E-state index >= 15 is 0 Å². The fraction of sp³-hybridized carbons (Fsp3) is 0.429. The van der Waals surface area contributed by atoms with Gasteiger partial charge in [-0.2, -0.15) is 0 Å². The summed E-state index contributed by atoms with van der Waals surface area (Å²) in [5.74, 6) is 0.360. The first-order chi connectivity index (χ1) is 9.02. The van der Waals surface area contributed by atoms with Crippen molar-refractivity contribution in [2.45, 2.75) is 27.3 Å². The van der Waals surface area contributed by atoms with E-state index in [9.17, 15) is 4.79 Å². The second-order valence-electron chi connectivity index (χ2n) is 4.93. The van der Waals surface area contributed by atoms with Crippen LogP contribution >= 0.6 is 11.6 Å². The molecule has 0 fully saturated rings. The minimum atomic E-state index is -0.0715. The highest BCUT2D eigenvalue weighted by Crippen LogP contribution is 2.20. The predicted octanol–water partition coefficient (Wildman–Crippen LogP) is 3.10. The fourth-order valence-corrected chi connectivity index (χ4v) is 2.24. The number of aromatic nitrogens is 2. The number of amides is 1. The van der Waals surface area contributed by atoms with Crippen LogP contribution in [0.2, 0.25) is 5.28 Å². The molecule has 0 saturated carbocycles. The average Bonchev–Trinajstić information content (AvgIpc) is 2.69. The predicted molar refractivity (Wildman–Crippen MR) is 77.6 cm³/mol. The average molecular weight is 280 g/mol. The van der Waals surface area contributed by atoms with Crippen LogP contribution in [0, 0.1) is 5.92 Å². The van der Waals surface area contributed by atoms with Gasteiger partial charge >= 0.3 is 0 Å². The SMILES string of the molecule is CCn1c(Cl)nc2cc(C(=O)NCC(C)C)ccc21. The highest BCUT2D eigenvalue weighted by molar-refractivity contribution is 6.29. The Labute approximate surface area is 117 Å². The van der Waals surface area contributed by atoms with Crippen LogP contribution in [0.15, 0.2) is 18.2 Å². The first-order valence-electron chi connectivity index (χ1n) is 6.47. The summed E-state index contributed by atoms with van der Waals surface area (Å²) in [5, 5.41) is 3.35. The Balaban J connectivity index is 2.29. The van der Waals surface area contributed by atoms with Crippen molar-refractivity contribution < 1.29 is 4.79 Å². The molecule has 0 spiro atoms. The molecule has 2 aromatic rings. The minimum Gasteiger partial charge on any atom is -0.352 e. The van der Waals surface area contributed by atoms with Gasteiger partial charge in [0.05, 0.1) is 11.0 Å². The summed E-state index contributed by atoms with van der Waals surface area (Å²) in [4.78, 5) is 16.2. The summed E-state index contributed by atoms with van der Waals surface area (Å²) in [6.45, 7) is 7.56. The number of carbonyl (C=O) groups excluding carboxylic acids is 1. The van der Waals surface area contributed by atoms with Crippen LogP contribution in [0.4, 0.5) is 0 Å². The molecule has 0 bridgehead atoms. The number of benzene rings is 1. The van der Waals surface area contributed by atoms with Crippen LogP contribution in [0.25, 0.3) is 11.0 Å². The second kappa shape index (κ2) is 5.61. The van der Waals surface area contributed by atoms with Gasteiger partial charge in [-0.3, -0.25) is 4.79 Å². The molecule has 1 N–H and O–H groups in total. The molecule has 1 aromatic heterocycles. The van der Waals surface area contributed by atoms with Gasteiger partial charge < -0.3 is 9.88 Å². The number of imidazole rings is 1. The number of rotatable bonds is 4. The molecule has 5 heteroatoms. The Morgan fingerprint density at radius 1 is 1.47 bits per heavy atom. The number of halogens is 1. The maximum Gasteiger partial charge on any atom is 0.251 e. The molecule has 0 radical (unpaired) electrons. The second-order valence-corrected chi connectivity index (χ2v) is 5.27. The maximum atomic E-state index is 12.0. The van der Waals surface area contributed by atoms with E-state index < -0.39 is 0 Å². The number of nitrogens with zero attached hydrogens (tertiary/aromatic N) is 2. The normalized spacial score (nSPS) is 11.2. The van der Waals surface area contributed by atoms with Crippen molar-refractivity contribution in [3.05, 3.63) is 29.0 Å². The van der Waals surface area contributed by atoms with Crippen molar-refractivity contribution in [1.82, 2.24) is 14.9 Å². The Hall–Kier alpha value is -1.55. The van der Waals surface area contributed by atoms with Crippen LogP contribution in [0.3, 0.4) is 0 Å². The Morgan fingerprint density at radius 3 is 2.84 bits per heavy atom. The lowest BCUT2D eigenvalue weighted by molar-refractivity contribution is 0.0949. The Kier molecular flexibility index (Phi) is 4.10. The molecule has 1 heterocycles. The molecule has 0 saturated heterocycles. The van der Waals surface area contributed by atoms with Gasteiger partial charge in [-0.05, 0) is 42.6 Å². The number of fused-ring (bicyclic) bond motifs is 1. The molecule has 1 aromatic carbocycles. The van der Waals surface area contributed by atoms with Crippen LogP contribution in [-0.2, 0) is 6.54 Å². The van der Waals surface area contributed by atoms with Gasteiger partial charge in [-0.1, -0.05) is 13.8 Å². The molecule has 0 aliphatic rings. The molecule has 0 aliphatic carbocycles. The quantitative estimate of drug-likeness (QED) is 0.935. The lowest BCUT2D eigenvalue weighted by Gasteiger charge is -2.07. The Morgan fingerprint density at radius 2 is 2.21 bits per heavy atom. The van der Waals surface area contributed by atoms with E-state index in [0.717, 1.165) is 17.6 Å². The van der Waals surface area contributed by atoms with Gasteiger partial charge in [0, 0.05) is 18.7 Å². The van der Waals surface area contributed by atoms with Crippen molar-refractivity contribution in [3.63, 3.8) is 0 Å². The van der Waals surface area contributed by atoms with Crippen molar-refractivity contribution in [3.8, 4) is 0 Å². The summed E-state index contributed by atoms with van der Waals surface area (Å²) in [6, 6.07) is 5.48. The van der Waals surface area contributed by atoms with E-state index in [1.165, 1.54) is 0 Å². The lowest BCUT2D eigenvalue weighted by Crippen LogP contribution is -2.27. The third kappa shape index (κ3) is 2.89. The zero-order valence-electron chi connectivity index (χ0n) is 11.4. The first-order valence-corrected chi connectivity index (χ1v) is 6.84. The molecular formula is C14H18ClN3O. The van der Waals surface area contributed by atoms with E-state index in [-0.39, 0.29) is 5.91 Å². The number of aryl methyl sites for hydroxylation is 1. The molecule has 1 amide bonds. The zero-order valence-corrected chi connectivity index (χ0v) is 12.2. The third-order valence-electron chi connectivity index (χ3n) is 2.95. The highest BCUT2D eigenvalue weighted by atomic mass is 35.5. The van der Waals surface area contributed by atoms with E-state index in [0.29, 0.717) is 23.3 Å². The van der Waals surface area contributed by atoms with Crippen molar-refractivity contribution >= 4 is 28.5 Å². The minimum absolute atomic E-state index is 0.0715. The molecular weight excluding hydrogens is 262 g/mol. The summed E-state index contributed by atoms with van der Waals surface area (Å²) in [6.07, 6.45) is 0. The molecule has 19 heavy (non-hydrogen) atoms. The zero-order chi connectivity index (χ0) is 14.0. The number of carbonyl (C=O) groups is 1. The summed E-state index contributed by atoms with van der Waals surface area (Å²) in [7, 11) is 0. The molecule has 0 aliphatic heterocycles. The first kappa shape index (κ1) is 13.9. The Bertz CT molecular complexity index is 604. The standard InChI is InChI=1S/C14H18ClN3O/c1-4-18-12-6-5-10(7-11(12)17-14(18)15)13(19)16-8-9(2)3/h5-7,9H,4,8H2,1-3H3,(H,16,19). The number of hydrogen-bond acceptors (Lipinski definition) is 2. The van der Waals surface area contributed by atoms with E-state index in [2.05, 4.69) is 24.1 Å². The summed E-state index contributed by atoms with van der Waals surface area (Å²) < 4.78 is 1.91. The van der Waals surface area contributed by atoms with Gasteiger partial charge in [-0.15, -0.1) is 0 Å². The molecule has 2 rings (SSSR count).